The molecule has 0 saturated heterocycles. The fourth-order valence-electron chi connectivity index (χ4n) is 2.76. The number of carbonyl (C=O) groups excluding carboxylic acids is 1. The number of hydrogen-bond donors (Lipinski definition) is 1. The minimum absolute atomic E-state index is 0.207. The number of amides is 1. The van der Waals surface area contributed by atoms with Gasteiger partial charge in [0.2, 0.25) is 0 Å². The Bertz CT molecular complexity index is 1090. The summed E-state index contributed by atoms with van der Waals surface area (Å²) in [6.45, 7) is 2.43. The number of anilines is 1. The molecule has 0 bridgehead atoms. The van der Waals surface area contributed by atoms with Crippen LogP contribution in [0.2, 0.25) is 0 Å². The van der Waals surface area contributed by atoms with Crippen LogP contribution in [-0.4, -0.2) is 32.1 Å². The molecule has 4 rings (SSSR count). The van der Waals surface area contributed by atoms with Crippen LogP contribution in [0.4, 0.5) is 5.69 Å². The van der Waals surface area contributed by atoms with Crippen LogP contribution in [0.5, 0.6) is 5.75 Å². The lowest BCUT2D eigenvalue weighted by molar-refractivity contribution is 0.102. The zero-order chi connectivity index (χ0) is 18.6. The third kappa shape index (κ3) is 3.35. The summed E-state index contributed by atoms with van der Waals surface area (Å²) in [7, 11) is 0. The molecule has 134 valence electrons. The molecule has 2 heterocycles. The first-order valence-corrected chi connectivity index (χ1v) is 8.55. The van der Waals surface area contributed by atoms with Gasteiger partial charge in [-0.15, -0.1) is 10.2 Å². The largest absolute Gasteiger partial charge is 0.492 e. The molecule has 7 nitrogen and oxygen atoms in total. The van der Waals surface area contributed by atoms with Gasteiger partial charge in [-0.25, -0.2) is 4.98 Å². The number of fused-ring (bicyclic) bond motifs is 1. The number of ether oxygens (including phenoxy) is 1. The van der Waals surface area contributed by atoms with Crippen LogP contribution in [0.1, 0.15) is 17.3 Å². The van der Waals surface area contributed by atoms with Crippen molar-refractivity contribution in [3.8, 4) is 17.1 Å². The molecule has 0 aliphatic rings. The summed E-state index contributed by atoms with van der Waals surface area (Å²) < 4.78 is 7.34. The van der Waals surface area contributed by atoms with Gasteiger partial charge in [-0.1, -0.05) is 24.3 Å². The van der Waals surface area contributed by atoms with Crippen molar-refractivity contribution >= 4 is 17.4 Å². The Balaban J connectivity index is 1.56. The van der Waals surface area contributed by atoms with Crippen molar-refractivity contribution in [2.75, 3.05) is 11.9 Å². The Morgan fingerprint density at radius 1 is 1.07 bits per heavy atom. The van der Waals surface area contributed by atoms with Crippen molar-refractivity contribution in [2.24, 2.45) is 0 Å². The minimum Gasteiger partial charge on any atom is -0.492 e. The van der Waals surface area contributed by atoms with Crippen LogP contribution in [0.15, 0.2) is 67.0 Å². The number of benzene rings is 2. The average molecular weight is 359 g/mol. The van der Waals surface area contributed by atoms with Crippen molar-refractivity contribution in [3.63, 3.8) is 0 Å². The van der Waals surface area contributed by atoms with E-state index in [-0.39, 0.29) is 5.91 Å². The molecule has 2 aromatic heterocycles. The normalized spacial score (nSPS) is 10.7. The molecule has 1 N–H and O–H groups in total. The van der Waals surface area contributed by atoms with Crippen LogP contribution in [0.3, 0.4) is 0 Å². The van der Waals surface area contributed by atoms with Crippen LogP contribution >= 0.6 is 0 Å². The summed E-state index contributed by atoms with van der Waals surface area (Å²) in [6, 6.07) is 16.4. The fourth-order valence-corrected chi connectivity index (χ4v) is 2.76. The average Bonchev–Trinajstić information content (AvgIpc) is 3.14. The van der Waals surface area contributed by atoms with E-state index in [9.17, 15) is 4.79 Å². The van der Waals surface area contributed by atoms with Gasteiger partial charge in [-0.2, -0.15) is 0 Å². The molecule has 0 aliphatic heterocycles. The fraction of sp³-hybridized carbons (Fsp3) is 0.100. The van der Waals surface area contributed by atoms with Gasteiger partial charge in [0.15, 0.2) is 5.82 Å². The highest BCUT2D eigenvalue weighted by Crippen LogP contribution is 2.25. The molecule has 27 heavy (non-hydrogen) atoms. The summed E-state index contributed by atoms with van der Waals surface area (Å²) in [6.07, 6.45) is 3.52. The van der Waals surface area contributed by atoms with Crippen molar-refractivity contribution in [1.29, 1.82) is 0 Å². The van der Waals surface area contributed by atoms with Gasteiger partial charge < -0.3 is 10.1 Å². The quantitative estimate of drug-likeness (QED) is 0.590. The monoisotopic (exact) mass is 359 g/mol. The maximum atomic E-state index is 12.6. The highest BCUT2D eigenvalue weighted by molar-refractivity contribution is 6.05. The number of carbonyl (C=O) groups is 1. The van der Waals surface area contributed by atoms with Gasteiger partial charge >= 0.3 is 0 Å². The lowest BCUT2D eigenvalue weighted by atomic mass is 10.1. The third-order valence-corrected chi connectivity index (χ3v) is 4.03. The molecule has 2 aromatic carbocycles. The molecule has 0 saturated carbocycles. The summed E-state index contributed by atoms with van der Waals surface area (Å²) in [5.41, 5.74) is 2.03. The van der Waals surface area contributed by atoms with Crippen LogP contribution < -0.4 is 10.1 Å². The van der Waals surface area contributed by atoms with E-state index in [1.54, 1.807) is 22.7 Å². The third-order valence-electron chi connectivity index (χ3n) is 4.03. The molecular weight excluding hydrogens is 342 g/mol. The summed E-state index contributed by atoms with van der Waals surface area (Å²) >= 11 is 0. The lowest BCUT2D eigenvalue weighted by Crippen LogP contribution is -2.12. The van der Waals surface area contributed by atoms with Crippen molar-refractivity contribution < 1.29 is 9.53 Å². The second kappa shape index (κ2) is 7.25. The molecule has 7 heteroatoms. The molecule has 4 aromatic rings. The van der Waals surface area contributed by atoms with Crippen molar-refractivity contribution in [2.45, 2.75) is 6.92 Å². The van der Waals surface area contributed by atoms with E-state index in [2.05, 4.69) is 20.5 Å². The topological polar surface area (TPSA) is 81.4 Å². The Hall–Kier alpha value is -3.74. The Labute approximate surface area is 155 Å². The van der Waals surface area contributed by atoms with Gasteiger partial charge in [0.1, 0.15) is 5.75 Å². The summed E-state index contributed by atoms with van der Waals surface area (Å²) in [5, 5.41) is 11.1. The number of nitrogens with one attached hydrogen (secondary N) is 1. The van der Waals surface area contributed by atoms with E-state index < -0.39 is 0 Å². The molecule has 0 aliphatic carbocycles. The highest BCUT2D eigenvalue weighted by atomic mass is 16.5. The van der Waals surface area contributed by atoms with Crippen molar-refractivity contribution in [3.05, 3.63) is 72.6 Å². The smallest absolute Gasteiger partial charge is 0.255 e. The second-order valence-electron chi connectivity index (χ2n) is 5.77. The van der Waals surface area contributed by atoms with E-state index in [0.717, 1.165) is 5.56 Å². The van der Waals surface area contributed by atoms with Gasteiger partial charge in [-0.05, 0) is 37.3 Å². The Morgan fingerprint density at radius 3 is 2.70 bits per heavy atom. The summed E-state index contributed by atoms with van der Waals surface area (Å²) in [5.74, 6) is 1.64. The molecule has 0 fully saturated rings. The number of para-hydroxylation sites is 2. The predicted molar refractivity (Wildman–Crippen MR) is 102 cm³/mol. The molecule has 0 spiro atoms. The SMILES string of the molecule is CCOc1ccccc1NC(=O)c1ccc(-c2nnc3ncccn23)cc1. The van der Waals surface area contributed by atoms with E-state index >= 15 is 0 Å². The van der Waals surface area contributed by atoms with E-state index in [0.29, 0.717) is 35.2 Å². The zero-order valence-corrected chi connectivity index (χ0v) is 14.7. The molecule has 0 radical (unpaired) electrons. The maximum Gasteiger partial charge on any atom is 0.255 e. The predicted octanol–water partition coefficient (Wildman–Crippen LogP) is 3.44. The molecule has 0 unspecified atom stereocenters. The first-order chi connectivity index (χ1) is 13.3. The zero-order valence-electron chi connectivity index (χ0n) is 14.7. The maximum absolute atomic E-state index is 12.6. The van der Waals surface area contributed by atoms with E-state index in [1.165, 1.54) is 0 Å². The Morgan fingerprint density at radius 2 is 1.89 bits per heavy atom. The number of hydrogen-bond acceptors (Lipinski definition) is 5. The Kier molecular flexibility index (Phi) is 4.49. The van der Waals surface area contributed by atoms with Crippen molar-refractivity contribution in [1.82, 2.24) is 19.6 Å². The number of nitrogens with zero attached hydrogens (tertiary/aromatic N) is 4. The minimum atomic E-state index is -0.207. The van der Waals surface area contributed by atoms with Crippen LogP contribution in [-0.2, 0) is 0 Å². The van der Waals surface area contributed by atoms with Gasteiger partial charge in [-0.3, -0.25) is 9.20 Å². The van der Waals surface area contributed by atoms with Crippen LogP contribution in [0, 0.1) is 0 Å². The summed E-state index contributed by atoms with van der Waals surface area (Å²) in [4.78, 5) is 16.7. The first kappa shape index (κ1) is 16.7. The van der Waals surface area contributed by atoms with Gasteiger partial charge in [0.25, 0.3) is 11.7 Å². The van der Waals surface area contributed by atoms with Gasteiger partial charge in [0.05, 0.1) is 12.3 Å². The molecular formula is C20H17N5O2. The highest BCUT2D eigenvalue weighted by Gasteiger charge is 2.12. The molecule has 0 atom stereocenters. The molecule has 1 amide bonds. The standard InChI is InChI=1S/C20H17N5O2/c1-2-27-17-7-4-3-6-16(17)22-19(26)15-10-8-14(9-11-15)18-23-24-20-21-12-5-13-25(18)20/h3-13H,2H2,1H3,(H,22,26). The van der Waals surface area contributed by atoms with E-state index in [4.69, 9.17) is 4.74 Å². The number of rotatable bonds is 5. The number of aromatic nitrogens is 4. The second-order valence-corrected chi connectivity index (χ2v) is 5.77. The van der Waals surface area contributed by atoms with Crippen LogP contribution in [0.25, 0.3) is 17.2 Å². The van der Waals surface area contributed by atoms with Gasteiger partial charge in [0, 0.05) is 23.5 Å². The first-order valence-electron chi connectivity index (χ1n) is 8.55. The van der Waals surface area contributed by atoms with E-state index in [1.807, 2.05) is 55.6 Å². The lowest BCUT2D eigenvalue weighted by Gasteiger charge is -2.11.